The molecule has 0 saturated heterocycles. The highest BCUT2D eigenvalue weighted by molar-refractivity contribution is 7.12. The Labute approximate surface area is 186 Å². The molecule has 6 nitrogen and oxygen atoms in total. The molecule has 2 aromatic heterocycles. The van der Waals surface area contributed by atoms with Crippen LogP contribution in [0.2, 0.25) is 0 Å². The summed E-state index contributed by atoms with van der Waals surface area (Å²) in [5.41, 5.74) is 0.855. The van der Waals surface area contributed by atoms with E-state index in [2.05, 4.69) is 10.1 Å². The van der Waals surface area contributed by atoms with Crippen LogP contribution in [0.15, 0.2) is 53.9 Å². The zero-order chi connectivity index (χ0) is 23.0. The van der Waals surface area contributed by atoms with Crippen molar-refractivity contribution in [1.82, 2.24) is 14.8 Å². The van der Waals surface area contributed by atoms with Crippen LogP contribution < -0.4 is 0 Å². The van der Waals surface area contributed by atoms with Gasteiger partial charge in [0.1, 0.15) is 11.3 Å². The number of carbonyl (C=O) groups excluding carboxylic acids is 1. The van der Waals surface area contributed by atoms with Crippen LogP contribution in [0.25, 0.3) is 27.5 Å². The van der Waals surface area contributed by atoms with Gasteiger partial charge in [-0.3, -0.25) is 0 Å². The third-order valence-electron chi connectivity index (χ3n) is 4.40. The largest absolute Gasteiger partial charge is 0.493 e. The third-order valence-corrected chi connectivity index (χ3v) is 5.21. The Morgan fingerprint density at radius 1 is 1.06 bits per heavy atom. The van der Waals surface area contributed by atoms with E-state index in [1.54, 1.807) is 45.0 Å². The predicted octanol–water partition coefficient (Wildman–Crippen LogP) is 5.60. The molecule has 0 saturated carbocycles. The number of benzene rings is 2. The number of halogens is 2. The molecule has 2 aromatic carbocycles. The minimum Gasteiger partial charge on any atom is -0.493 e. The fourth-order valence-electron chi connectivity index (χ4n) is 3.04. The van der Waals surface area contributed by atoms with Crippen LogP contribution in [0.5, 0.6) is 5.88 Å². The molecule has 4 rings (SSSR count). The van der Waals surface area contributed by atoms with Gasteiger partial charge < -0.3 is 9.84 Å². The topological polar surface area (TPSA) is 77.2 Å². The number of nitrogens with zero attached hydrogens (tertiary/aromatic N) is 3. The third kappa shape index (κ3) is 4.24. The molecule has 0 radical (unpaired) electrons. The van der Waals surface area contributed by atoms with Gasteiger partial charge in [-0.2, -0.15) is 9.78 Å². The normalized spacial score (nSPS) is 11.5. The van der Waals surface area contributed by atoms with Crippen molar-refractivity contribution in [2.24, 2.45) is 0 Å². The fourth-order valence-corrected chi connectivity index (χ4v) is 3.79. The van der Waals surface area contributed by atoms with Gasteiger partial charge in [0.25, 0.3) is 0 Å². The van der Waals surface area contributed by atoms with Crippen LogP contribution in [0.3, 0.4) is 0 Å². The van der Waals surface area contributed by atoms with Crippen LogP contribution in [0.1, 0.15) is 31.3 Å². The molecule has 0 amide bonds. The Hall–Kier alpha value is -3.59. The van der Waals surface area contributed by atoms with Crippen molar-refractivity contribution in [2.45, 2.75) is 26.4 Å². The van der Waals surface area contributed by atoms with E-state index in [1.807, 2.05) is 6.07 Å². The smallest absolute Gasteiger partial charge is 0.358 e. The van der Waals surface area contributed by atoms with Gasteiger partial charge in [0, 0.05) is 10.9 Å². The molecule has 0 fully saturated rings. The molecule has 164 valence electrons. The highest BCUT2D eigenvalue weighted by atomic mass is 32.1. The summed E-state index contributed by atoms with van der Waals surface area (Å²) >= 11 is 1.08. The van der Waals surface area contributed by atoms with Crippen LogP contribution in [-0.2, 0) is 4.74 Å². The summed E-state index contributed by atoms with van der Waals surface area (Å²) in [6.07, 6.45) is 0. The summed E-state index contributed by atoms with van der Waals surface area (Å²) < 4.78 is 33.9. The molecule has 1 N–H and O–H groups in total. The summed E-state index contributed by atoms with van der Waals surface area (Å²) in [5.74, 6) is -2.87. The summed E-state index contributed by atoms with van der Waals surface area (Å²) in [5, 5.41) is 17.2. The zero-order valence-corrected chi connectivity index (χ0v) is 18.3. The second-order valence-corrected chi connectivity index (χ2v) is 8.81. The Balaban J connectivity index is 1.84. The lowest BCUT2D eigenvalue weighted by molar-refractivity contribution is 0.00636. The van der Waals surface area contributed by atoms with E-state index in [1.165, 1.54) is 11.4 Å². The number of aromatic nitrogens is 3. The molecule has 0 spiro atoms. The summed E-state index contributed by atoms with van der Waals surface area (Å²) in [6, 6.07) is 12.3. The lowest BCUT2D eigenvalue weighted by Crippen LogP contribution is -2.24. The van der Waals surface area contributed by atoms with Crippen LogP contribution in [0, 0.1) is 11.6 Å². The Morgan fingerprint density at radius 2 is 1.78 bits per heavy atom. The van der Waals surface area contributed by atoms with Crippen molar-refractivity contribution in [3.63, 3.8) is 0 Å². The van der Waals surface area contributed by atoms with Crippen molar-refractivity contribution >= 4 is 17.3 Å². The minimum absolute atomic E-state index is 0.0745. The minimum atomic E-state index is -1.03. The van der Waals surface area contributed by atoms with Crippen molar-refractivity contribution in [3.8, 4) is 33.4 Å². The molecule has 0 atom stereocenters. The van der Waals surface area contributed by atoms with Crippen molar-refractivity contribution in [2.75, 3.05) is 0 Å². The molecular formula is C23H19F2N3O3S. The molecule has 0 aliphatic rings. The number of hydrogen-bond acceptors (Lipinski definition) is 6. The molecule has 0 aliphatic carbocycles. The Morgan fingerprint density at radius 3 is 2.44 bits per heavy atom. The number of aromatic hydroxyl groups is 1. The van der Waals surface area contributed by atoms with E-state index in [9.17, 15) is 18.7 Å². The highest BCUT2D eigenvalue weighted by Crippen LogP contribution is 2.40. The van der Waals surface area contributed by atoms with Gasteiger partial charge >= 0.3 is 5.97 Å². The molecule has 0 aliphatic heterocycles. The first kappa shape index (κ1) is 21.6. The maximum Gasteiger partial charge on any atom is 0.358 e. The van der Waals surface area contributed by atoms with E-state index in [0.29, 0.717) is 11.1 Å². The average Bonchev–Trinajstić information content (AvgIpc) is 3.34. The first-order valence-corrected chi connectivity index (χ1v) is 10.5. The standard InChI is InChI=1S/C23H19F2N3O3S/c1-23(2,3)31-21(30)17-12-32-22(26-17)28-20(29)18(13-7-5-4-6-8-13)19(27-28)14-9-10-15(24)16(25)11-14/h4-12,29H,1-3H3. The van der Waals surface area contributed by atoms with E-state index >= 15 is 0 Å². The summed E-state index contributed by atoms with van der Waals surface area (Å²) in [6.45, 7) is 5.24. The molecule has 0 unspecified atom stereocenters. The van der Waals surface area contributed by atoms with Crippen LogP contribution in [-0.4, -0.2) is 31.4 Å². The van der Waals surface area contributed by atoms with E-state index in [-0.39, 0.29) is 28.0 Å². The van der Waals surface area contributed by atoms with Crippen LogP contribution >= 0.6 is 11.3 Å². The second kappa shape index (κ2) is 8.16. The van der Waals surface area contributed by atoms with Gasteiger partial charge in [0.05, 0.1) is 5.56 Å². The maximum atomic E-state index is 13.9. The van der Waals surface area contributed by atoms with Gasteiger partial charge in [-0.25, -0.2) is 18.6 Å². The Bertz CT molecular complexity index is 1290. The monoisotopic (exact) mass is 455 g/mol. The SMILES string of the molecule is CC(C)(C)OC(=O)c1csc(-n2nc(-c3ccc(F)c(F)c3)c(-c3ccccc3)c2O)n1. The lowest BCUT2D eigenvalue weighted by Gasteiger charge is -2.18. The maximum absolute atomic E-state index is 13.9. The fraction of sp³-hybridized carbons (Fsp3) is 0.174. The molecule has 0 bridgehead atoms. The molecule has 2 heterocycles. The molecule has 9 heteroatoms. The molecule has 32 heavy (non-hydrogen) atoms. The van der Waals surface area contributed by atoms with E-state index < -0.39 is 23.2 Å². The van der Waals surface area contributed by atoms with Crippen LogP contribution in [0.4, 0.5) is 8.78 Å². The summed E-state index contributed by atoms with van der Waals surface area (Å²) in [4.78, 5) is 16.6. The van der Waals surface area contributed by atoms with Crippen molar-refractivity contribution in [1.29, 1.82) is 0 Å². The number of esters is 1. The quantitative estimate of drug-likeness (QED) is 0.405. The zero-order valence-electron chi connectivity index (χ0n) is 17.5. The molecular weight excluding hydrogens is 436 g/mol. The second-order valence-electron chi connectivity index (χ2n) is 7.97. The van der Waals surface area contributed by atoms with E-state index in [4.69, 9.17) is 4.74 Å². The number of hydrogen-bond donors (Lipinski definition) is 1. The average molecular weight is 455 g/mol. The molecule has 4 aromatic rings. The first-order chi connectivity index (χ1) is 15.1. The number of ether oxygens (including phenoxy) is 1. The predicted molar refractivity (Wildman–Crippen MR) is 117 cm³/mol. The highest BCUT2D eigenvalue weighted by Gasteiger charge is 2.25. The van der Waals surface area contributed by atoms with E-state index in [0.717, 1.165) is 28.2 Å². The Kier molecular flexibility index (Phi) is 5.52. The first-order valence-electron chi connectivity index (χ1n) is 9.66. The lowest BCUT2D eigenvalue weighted by atomic mass is 10.0. The van der Waals surface area contributed by atoms with Gasteiger partial charge in [-0.1, -0.05) is 30.3 Å². The number of carbonyl (C=O) groups is 1. The van der Waals surface area contributed by atoms with Gasteiger partial charge in [0.15, 0.2) is 17.3 Å². The van der Waals surface area contributed by atoms with Crippen molar-refractivity contribution in [3.05, 3.63) is 71.2 Å². The number of thiazole rings is 1. The van der Waals surface area contributed by atoms with Crippen molar-refractivity contribution < 1.29 is 23.4 Å². The van der Waals surface area contributed by atoms with Gasteiger partial charge in [0.2, 0.25) is 11.0 Å². The van der Waals surface area contributed by atoms with Gasteiger partial charge in [-0.15, -0.1) is 11.3 Å². The summed E-state index contributed by atoms with van der Waals surface area (Å²) in [7, 11) is 0. The van der Waals surface area contributed by atoms with Gasteiger partial charge in [-0.05, 0) is 44.5 Å². The number of rotatable bonds is 4.